The number of rotatable bonds is 6. The molecule has 4 nitrogen and oxygen atoms in total. The highest BCUT2D eigenvalue weighted by molar-refractivity contribution is 5.95. The first-order chi connectivity index (χ1) is 15.6. The van der Waals surface area contributed by atoms with Gasteiger partial charge in [0, 0.05) is 56.0 Å². The van der Waals surface area contributed by atoms with E-state index in [-0.39, 0.29) is 56.9 Å². The van der Waals surface area contributed by atoms with Crippen LogP contribution in [0.2, 0.25) is 0 Å². The molecule has 1 saturated carbocycles. The first-order valence-corrected chi connectivity index (χ1v) is 11.0. The topological polar surface area (TPSA) is 57.0 Å². The molecule has 1 aromatic heterocycles. The van der Waals surface area contributed by atoms with Crippen molar-refractivity contribution in [2.45, 2.75) is 50.6 Å². The summed E-state index contributed by atoms with van der Waals surface area (Å²) in [5.74, 6) is -5.09. The average molecular weight is 465 g/mol. The van der Waals surface area contributed by atoms with Crippen molar-refractivity contribution in [2.24, 2.45) is 17.8 Å². The minimum absolute atomic E-state index is 0.00133. The van der Waals surface area contributed by atoms with Crippen molar-refractivity contribution in [2.75, 3.05) is 18.0 Å². The van der Waals surface area contributed by atoms with Gasteiger partial charge in [0.2, 0.25) is 5.92 Å². The third-order valence-electron chi connectivity index (χ3n) is 6.73. The zero-order valence-corrected chi connectivity index (χ0v) is 17.9. The Morgan fingerprint density at radius 2 is 1.94 bits per heavy atom. The molecule has 33 heavy (non-hydrogen) atoms. The number of pyridine rings is 1. The SMILES string of the molecule is N#Cc1ccc(N2C[C@H](CC(=O)CCC3CC(F)(F)C3)C[C@H](C(F)(F)F)C2)c2cccnc12. The highest BCUT2D eigenvalue weighted by Gasteiger charge is 2.46. The molecule has 1 aliphatic carbocycles. The fourth-order valence-electron chi connectivity index (χ4n) is 5.09. The maximum atomic E-state index is 13.7. The predicted octanol–water partition coefficient (Wildman–Crippen LogP) is 5.90. The molecule has 0 bridgehead atoms. The van der Waals surface area contributed by atoms with Crippen LogP contribution in [-0.2, 0) is 4.79 Å². The number of anilines is 1. The van der Waals surface area contributed by atoms with E-state index in [1.54, 1.807) is 29.2 Å². The Labute approximate surface area is 188 Å². The van der Waals surface area contributed by atoms with E-state index in [1.807, 2.05) is 0 Å². The summed E-state index contributed by atoms with van der Waals surface area (Å²) in [6.07, 6.45) is -2.96. The maximum Gasteiger partial charge on any atom is 0.393 e. The van der Waals surface area contributed by atoms with Crippen LogP contribution in [0.3, 0.4) is 0 Å². The zero-order chi connectivity index (χ0) is 23.8. The minimum Gasteiger partial charge on any atom is -0.370 e. The molecular formula is C24H24F5N3O. The van der Waals surface area contributed by atoms with E-state index in [4.69, 9.17) is 0 Å². The highest BCUT2D eigenvalue weighted by atomic mass is 19.4. The fourth-order valence-corrected chi connectivity index (χ4v) is 5.09. The lowest BCUT2D eigenvalue weighted by molar-refractivity contribution is -0.179. The largest absolute Gasteiger partial charge is 0.393 e. The minimum atomic E-state index is -4.40. The van der Waals surface area contributed by atoms with Crippen molar-refractivity contribution in [3.8, 4) is 6.07 Å². The maximum absolute atomic E-state index is 13.7. The average Bonchev–Trinajstić information content (AvgIpc) is 2.74. The van der Waals surface area contributed by atoms with E-state index >= 15 is 0 Å². The van der Waals surface area contributed by atoms with Crippen molar-refractivity contribution >= 4 is 22.4 Å². The molecule has 2 heterocycles. The van der Waals surface area contributed by atoms with Crippen LogP contribution >= 0.6 is 0 Å². The summed E-state index contributed by atoms with van der Waals surface area (Å²) in [5, 5.41) is 9.93. The molecule has 2 fully saturated rings. The lowest BCUT2D eigenvalue weighted by Crippen LogP contribution is -2.46. The predicted molar refractivity (Wildman–Crippen MR) is 113 cm³/mol. The number of aromatic nitrogens is 1. The third-order valence-corrected chi connectivity index (χ3v) is 6.73. The van der Waals surface area contributed by atoms with Crippen LogP contribution in [0.25, 0.3) is 10.9 Å². The number of carbonyl (C=O) groups is 1. The van der Waals surface area contributed by atoms with E-state index in [2.05, 4.69) is 11.1 Å². The second-order valence-corrected chi connectivity index (χ2v) is 9.30. The van der Waals surface area contributed by atoms with Crippen LogP contribution in [0.5, 0.6) is 0 Å². The molecule has 9 heteroatoms. The van der Waals surface area contributed by atoms with E-state index in [0.717, 1.165) is 0 Å². The molecular weight excluding hydrogens is 441 g/mol. The molecule has 1 aliphatic heterocycles. The van der Waals surface area contributed by atoms with Crippen molar-refractivity contribution in [3.05, 3.63) is 36.0 Å². The van der Waals surface area contributed by atoms with Crippen molar-refractivity contribution in [3.63, 3.8) is 0 Å². The number of benzene rings is 1. The van der Waals surface area contributed by atoms with Gasteiger partial charge in [0.05, 0.1) is 17.0 Å². The second kappa shape index (κ2) is 8.88. The van der Waals surface area contributed by atoms with Crippen molar-refractivity contribution < 1.29 is 26.7 Å². The van der Waals surface area contributed by atoms with Crippen molar-refractivity contribution in [1.82, 2.24) is 4.98 Å². The Bertz CT molecular complexity index is 1070. The normalized spacial score (nSPS) is 23.2. The summed E-state index contributed by atoms with van der Waals surface area (Å²) in [6.45, 7) is 0.0386. The number of piperidine rings is 1. The molecule has 1 aromatic carbocycles. The summed E-state index contributed by atoms with van der Waals surface area (Å²) < 4.78 is 67.1. The molecule has 0 amide bonds. The summed E-state index contributed by atoms with van der Waals surface area (Å²) in [6, 6.07) is 8.64. The number of ketones is 1. The summed E-state index contributed by atoms with van der Waals surface area (Å²) >= 11 is 0. The van der Waals surface area contributed by atoms with Gasteiger partial charge in [-0.05, 0) is 48.9 Å². The number of carbonyl (C=O) groups excluding carboxylic acids is 1. The number of nitrogens with zero attached hydrogens (tertiary/aromatic N) is 3. The lowest BCUT2D eigenvalue weighted by Gasteiger charge is -2.40. The van der Waals surface area contributed by atoms with Crippen LogP contribution in [0.4, 0.5) is 27.6 Å². The Balaban J connectivity index is 1.50. The van der Waals surface area contributed by atoms with Gasteiger partial charge in [-0.1, -0.05) is 0 Å². The first kappa shape index (κ1) is 23.4. The highest BCUT2D eigenvalue weighted by Crippen LogP contribution is 2.45. The zero-order valence-electron chi connectivity index (χ0n) is 17.9. The van der Waals surface area contributed by atoms with Gasteiger partial charge < -0.3 is 4.90 Å². The van der Waals surface area contributed by atoms with Crippen LogP contribution in [0.15, 0.2) is 30.5 Å². The molecule has 176 valence electrons. The molecule has 1 saturated heterocycles. The molecule has 0 unspecified atom stereocenters. The molecule has 2 aliphatic rings. The molecule has 4 rings (SSSR count). The van der Waals surface area contributed by atoms with Gasteiger partial charge in [0.1, 0.15) is 11.9 Å². The first-order valence-electron chi connectivity index (χ1n) is 11.0. The van der Waals surface area contributed by atoms with Gasteiger partial charge in [0.15, 0.2) is 0 Å². The molecule has 2 aromatic rings. The Morgan fingerprint density at radius 1 is 1.18 bits per heavy atom. The Hall–Kier alpha value is -2.76. The van der Waals surface area contributed by atoms with Gasteiger partial charge >= 0.3 is 6.18 Å². The number of Topliss-reactive ketones (excluding diaryl/α,β-unsaturated/α-hetero) is 1. The molecule has 2 atom stereocenters. The Morgan fingerprint density at radius 3 is 2.61 bits per heavy atom. The van der Waals surface area contributed by atoms with Gasteiger partial charge in [0.25, 0.3) is 0 Å². The monoisotopic (exact) mass is 465 g/mol. The summed E-state index contributed by atoms with van der Waals surface area (Å²) in [7, 11) is 0. The van der Waals surface area contributed by atoms with Gasteiger partial charge in [-0.15, -0.1) is 0 Å². The fraction of sp³-hybridized carbons (Fsp3) is 0.542. The van der Waals surface area contributed by atoms with E-state index in [9.17, 15) is 32.0 Å². The van der Waals surface area contributed by atoms with Crippen LogP contribution in [0.1, 0.15) is 44.1 Å². The number of hydrogen-bond acceptors (Lipinski definition) is 4. The number of hydrogen-bond donors (Lipinski definition) is 0. The van der Waals surface area contributed by atoms with Crippen LogP contribution in [-0.4, -0.2) is 36.0 Å². The Kier molecular flexibility index (Phi) is 6.30. The van der Waals surface area contributed by atoms with Crippen molar-refractivity contribution in [1.29, 1.82) is 5.26 Å². The van der Waals surface area contributed by atoms with E-state index in [0.29, 0.717) is 28.6 Å². The number of alkyl halides is 5. The quantitative estimate of drug-likeness (QED) is 0.499. The van der Waals surface area contributed by atoms with Gasteiger partial charge in [-0.25, -0.2) is 8.78 Å². The third kappa shape index (κ3) is 5.26. The van der Waals surface area contributed by atoms with Gasteiger partial charge in [-0.2, -0.15) is 18.4 Å². The number of fused-ring (bicyclic) bond motifs is 1. The standard InChI is InChI=1S/C24H24F5N3O/c25-23(26)10-15(11-23)3-5-19(33)9-16-8-18(24(27,28)29)14-32(13-16)21-6-4-17(12-30)22-20(21)2-1-7-31-22/h1-2,4,6-7,15-16,18H,3,5,8-11,13-14H2/t16-,18-/m0/s1. The smallest absolute Gasteiger partial charge is 0.370 e. The van der Waals surface area contributed by atoms with E-state index in [1.165, 1.54) is 6.20 Å². The molecule has 0 N–H and O–H groups in total. The van der Waals surface area contributed by atoms with E-state index < -0.39 is 23.9 Å². The summed E-state index contributed by atoms with van der Waals surface area (Å²) in [4.78, 5) is 18.3. The number of nitriles is 1. The number of halogens is 5. The van der Waals surface area contributed by atoms with Crippen LogP contribution in [0, 0.1) is 29.1 Å². The summed E-state index contributed by atoms with van der Waals surface area (Å²) in [5.41, 5.74) is 1.32. The molecule has 0 spiro atoms. The van der Waals surface area contributed by atoms with Gasteiger partial charge in [-0.3, -0.25) is 9.78 Å². The lowest BCUT2D eigenvalue weighted by atomic mass is 9.77. The molecule has 0 radical (unpaired) electrons. The van der Waals surface area contributed by atoms with Crippen LogP contribution < -0.4 is 4.90 Å². The second-order valence-electron chi connectivity index (χ2n) is 9.30.